The Bertz CT molecular complexity index is 1780. The molecule has 35 heavy (non-hydrogen) atoms. The second-order valence-electron chi connectivity index (χ2n) is 8.49. The first-order chi connectivity index (χ1) is 17.0. The third-order valence-corrected chi connectivity index (χ3v) is 6.79. The Balaban J connectivity index is 1.49. The van der Waals surface area contributed by atoms with Crippen molar-refractivity contribution in [2.75, 3.05) is 0 Å². The molecule has 0 spiro atoms. The molecule has 170 valence electrons. The summed E-state index contributed by atoms with van der Waals surface area (Å²) in [6, 6.07) is 26.1. The number of rotatable bonds is 4. The minimum Gasteiger partial charge on any atom is -0.266 e. The van der Waals surface area contributed by atoms with Crippen LogP contribution < -0.4 is 10.1 Å². The molecule has 3 aromatic heterocycles. The van der Waals surface area contributed by atoms with E-state index in [4.69, 9.17) is 5.10 Å². The lowest BCUT2D eigenvalue weighted by Crippen LogP contribution is -2.23. The molecular formula is C28H21N5OS. The first kappa shape index (κ1) is 21.2. The van der Waals surface area contributed by atoms with Crippen LogP contribution in [0.4, 0.5) is 0 Å². The molecular weight excluding hydrogens is 454 g/mol. The lowest BCUT2D eigenvalue weighted by atomic mass is 10.1. The molecule has 0 radical (unpaired) electrons. The lowest BCUT2D eigenvalue weighted by molar-refractivity contribution is 0.884. The van der Waals surface area contributed by atoms with Gasteiger partial charge in [-0.05, 0) is 38.1 Å². The number of benzene rings is 3. The number of thiazole rings is 1. The van der Waals surface area contributed by atoms with E-state index in [9.17, 15) is 4.79 Å². The van der Waals surface area contributed by atoms with E-state index in [0.29, 0.717) is 15.3 Å². The second kappa shape index (κ2) is 8.45. The van der Waals surface area contributed by atoms with Crippen molar-refractivity contribution in [3.05, 3.63) is 117 Å². The van der Waals surface area contributed by atoms with Crippen LogP contribution in [-0.4, -0.2) is 24.4 Å². The van der Waals surface area contributed by atoms with Crippen LogP contribution in [0.2, 0.25) is 0 Å². The third-order valence-electron chi connectivity index (χ3n) is 5.83. The normalized spacial score (nSPS) is 12.0. The predicted molar refractivity (Wildman–Crippen MR) is 140 cm³/mol. The van der Waals surface area contributed by atoms with Crippen molar-refractivity contribution < 1.29 is 0 Å². The fraction of sp³-hybridized carbons (Fsp3) is 0.0714. The molecule has 6 nitrogen and oxygen atoms in total. The first-order valence-corrected chi connectivity index (χ1v) is 12.1. The molecule has 6 aromatic rings. The summed E-state index contributed by atoms with van der Waals surface area (Å²) in [6.07, 6.45) is 3.84. The van der Waals surface area contributed by atoms with Gasteiger partial charge in [0.1, 0.15) is 0 Å². The van der Waals surface area contributed by atoms with Crippen molar-refractivity contribution in [1.82, 2.24) is 24.4 Å². The maximum absolute atomic E-state index is 13.2. The fourth-order valence-corrected chi connectivity index (χ4v) is 4.92. The number of para-hydroxylation sites is 1. The molecule has 0 saturated carbocycles. The van der Waals surface area contributed by atoms with Crippen LogP contribution in [0, 0.1) is 13.8 Å². The molecule has 3 heterocycles. The molecule has 7 heteroatoms. The van der Waals surface area contributed by atoms with Gasteiger partial charge in [0.15, 0.2) is 5.82 Å². The van der Waals surface area contributed by atoms with Crippen molar-refractivity contribution in [3.8, 4) is 28.3 Å². The molecule has 0 bridgehead atoms. The molecule has 0 amide bonds. The molecule has 0 aliphatic rings. The Morgan fingerprint density at radius 3 is 2.37 bits per heavy atom. The average molecular weight is 476 g/mol. The summed E-state index contributed by atoms with van der Waals surface area (Å²) in [6.45, 7) is 4.08. The Hall–Kier alpha value is -4.36. The van der Waals surface area contributed by atoms with Crippen LogP contribution >= 0.6 is 11.3 Å². The smallest absolute Gasteiger partial charge is 0.266 e. The van der Waals surface area contributed by atoms with Gasteiger partial charge in [-0.25, -0.2) is 4.68 Å². The predicted octanol–water partition coefficient (Wildman–Crippen LogP) is 4.84. The van der Waals surface area contributed by atoms with Crippen LogP contribution in [0.1, 0.15) is 16.7 Å². The number of hydrogen-bond acceptors (Lipinski definition) is 5. The van der Waals surface area contributed by atoms with Gasteiger partial charge >= 0.3 is 0 Å². The minimum absolute atomic E-state index is 0.182. The zero-order valence-electron chi connectivity index (χ0n) is 19.2. The summed E-state index contributed by atoms with van der Waals surface area (Å²) in [4.78, 5) is 18.4. The van der Waals surface area contributed by atoms with E-state index in [1.807, 2.05) is 78.5 Å². The Kier molecular flexibility index (Phi) is 5.12. The number of fused-ring (bicyclic) bond motifs is 1. The topological polar surface area (TPSA) is 65.1 Å². The molecule has 0 N–H and O–H groups in total. The molecule has 0 unspecified atom stereocenters. The third kappa shape index (κ3) is 3.96. The monoisotopic (exact) mass is 475 g/mol. The van der Waals surface area contributed by atoms with E-state index in [1.54, 1.807) is 0 Å². The van der Waals surface area contributed by atoms with Gasteiger partial charge in [-0.15, -0.1) is 5.10 Å². The summed E-state index contributed by atoms with van der Waals surface area (Å²) in [5.74, 6) is 0.556. The molecule has 0 aliphatic carbocycles. The van der Waals surface area contributed by atoms with E-state index in [-0.39, 0.29) is 5.56 Å². The Morgan fingerprint density at radius 1 is 0.829 bits per heavy atom. The number of nitrogens with zero attached hydrogens (tertiary/aromatic N) is 5. The Morgan fingerprint density at radius 2 is 1.63 bits per heavy atom. The van der Waals surface area contributed by atoms with Crippen LogP contribution in [0.3, 0.4) is 0 Å². The van der Waals surface area contributed by atoms with Crippen molar-refractivity contribution in [3.63, 3.8) is 0 Å². The zero-order chi connectivity index (χ0) is 23.9. The van der Waals surface area contributed by atoms with E-state index in [1.165, 1.54) is 21.4 Å². The molecule has 0 atom stereocenters. The van der Waals surface area contributed by atoms with Crippen LogP contribution in [0.25, 0.3) is 39.4 Å². The minimum atomic E-state index is -0.182. The van der Waals surface area contributed by atoms with E-state index < -0.39 is 0 Å². The first-order valence-electron chi connectivity index (χ1n) is 11.3. The highest BCUT2D eigenvalue weighted by molar-refractivity contribution is 7.15. The molecule has 3 aromatic carbocycles. The molecule has 0 aliphatic heterocycles. The highest BCUT2D eigenvalue weighted by Crippen LogP contribution is 2.25. The van der Waals surface area contributed by atoms with Gasteiger partial charge in [-0.3, -0.25) is 4.79 Å². The van der Waals surface area contributed by atoms with Crippen molar-refractivity contribution in [1.29, 1.82) is 0 Å². The maximum atomic E-state index is 13.2. The van der Waals surface area contributed by atoms with Crippen LogP contribution in [0.15, 0.2) is 89.9 Å². The summed E-state index contributed by atoms with van der Waals surface area (Å²) < 4.78 is 3.80. The highest BCUT2D eigenvalue weighted by atomic mass is 32.1. The average Bonchev–Trinajstić information content (AvgIpc) is 3.56. The van der Waals surface area contributed by atoms with Gasteiger partial charge in [-0.1, -0.05) is 83.1 Å². The van der Waals surface area contributed by atoms with Gasteiger partial charge < -0.3 is 0 Å². The Labute approximate surface area is 205 Å². The van der Waals surface area contributed by atoms with Crippen LogP contribution in [0.5, 0.6) is 0 Å². The SMILES string of the molecule is Cc1ccc(-c2nn(-c3ccccc3)cc2C=c2sc3nc(-c4cccc(C)c4)nn3c2=O)cc1. The van der Waals surface area contributed by atoms with Crippen molar-refractivity contribution in [2.24, 2.45) is 0 Å². The standard InChI is InChI=1S/C28H21N5OS/c1-18-11-13-20(14-12-18)25-22(17-32(30-25)23-9-4-3-5-10-23)16-24-27(34)33-28(35-24)29-26(31-33)21-8-6-7-19(2)15-21/h3-17H,1-2H3. The van der Waals surface area contributed by atoms with Gasteiger partial charge in [0.25, 0.3) is 5.56 Å². The quantitative estimate of drug-likeness (QED) is 0.366. The van der Waals surface area contributed by atoms with Crippen molar-refractivity contribution in [2.45, 2.75) is 13.8 Å². The van der Waals surface area contributed by atoms with Gasteiger partial charge in [0.05, 0.1) is 15.9 Å². The highest BCUT2D eigenvalue weighted by Gasteiger charge is 2.15. The van der Waals surface area contributed by atoms with E-state index >= 15 is 0 Å². The summed E-state index contributed by atoms with van der Waals surface area (Å²) >= 11 is 1.33. The summed E-state index contributed by atoms with van der Waals surface area (Å²) in [7, 11) is 0. The van der Waals surface area contributed by atoms with Gasteiger partial charge in [0.2, 0.25) is 4.96 Å². The maximum Gasteiger partial charge on any atom is 0.291 e. The molecule has 0 saturated heterocycles. The zero-order valence-corrected chi connectivity index (χ0v) is 20.0. The van der Waals surface area contributed by atoms with Gasteiger partial charge in [0, 0.05) is 22.9 Å². The molecule has 6 rings (SSSR count). The summed E-state index contributed by atoms with van der Waals surface area (Å²) in [5, 5.41) is 9.35. The van der Waals surface area contributed by atoms with Gasteiger partial charge in [-0.2, -0.15) is 14.6 Å². The molecule has 0 fully saturated rings. The largest absolute Gasteiger partial charge is 0.291 e. The fourth-order valence-electron chi connectivity index (χ4n) is 4.02. The van der Waals surface area contributed by atoms with E-state index in [0.717, 1.165) is 33.6 Å². The number of hydrogen-bond donors (Lipinski definition) is 0. The van der Waals surface area contributed by atoms with Crippen molar-refractivity contribution >= 4 is 22.4 Å². The lowest BCUT2D eigenvalue weighted by Gasteiger charge is -2.01. The summed E-state index contributed by atoms with van der Waals surface area (Å²) in [5.41, 5.74) is 6.63. The number of aryl methyl sites for hydroxylation is 2. The van der Waals surface area contributed by atoms with Crippen LogP contribution in [-0.2, 0) is 0 Å². The number of aromatic nitrogens is 5. The second-order valence-corrected chi connectivity index (χ2v) is 9.50. The van der Waals surface area contributed by atoms with E-state index in [2.05, 4.69) is 41.3 Å².